The molecule has 2 N–H and O–H groups in total. The summed E-state index contributed by atoms with van der Waals surface area (Å²) < 4.78 is 27.3. The number of piperidine rings is 3. The van der Waals surface area contributed by atoms with E-state index in [-0.39, 0.29) is 17.6 Å². The van der Waals surface area contributed by atoms with Crippen molar-refractivity contribution in [1.82, 2.24) is 4.90 Å². The van der Waals surface area contributed by atoms with Crippen molar-refractivity contribution in [3.05, 3.63) is 35.4 Å². The Morgan fingerprint density at radius 1 is 1.26 bits per heavy atom. The van der Waals surface area contributed by atoms with E-state index in [0.717, 1.165) is 32.5 Å². The molecular formula is C15H20F2N2. The highest BCUT2D eigenvalue weighted by atomic mass is 19.1. The number of benzene rings is 1. The van der Waals surface area contributed by atoms with Crippen LogP contribution in [0, 0.1) is 23.5 Å². The van der Waals surface area contributed by atoms with Crippen LogP contribution in [0.3, 0.4) is 0 Å². The van der Waals surface area contributed by atoms with Crippen molar-refractivity contribution in [2.24, 2.45) is 17.6 Å². The molecule has 104 valence electrons. The van der Waals surface area contributed by atoms with Crippen LogP contribution in [0.1, 0.15) is 24.3 Å². The third-order valence-corrected chi connectivity index (χ3v) is 4.84. The number of fused-ring (bicyclic) bond motifs is 3. The van der Waals surface area contributed by atoms with Crippen LogP contribution in [0.2, 0.25) is 0 Å². The number of halogens is 2. The van der Waals surface area contributed by atoms with Crippen LogP contribution in [0.25, 0.3) is 0 Å². The molecule has 1 aromatic rings. The molecular weight excluding hydrogens is 246 g/mol. The van der Waals surface area contributed by atoms with Crippen molar-refractivity contribution in [3.63, 3.8) is 0 Å². The van der Waals surface area contributed by atoms with Crippen LogP contribution in [-0.2, 0) is 0 Å². The first-order valence-electron chi connectivity index (χ1n) is 7.06. The monoisotopic (exact) mass is 266 g/mol. The first-order valence-corrected chi connectivity index (χ1v) is 7.06. The lowest BCUT2D eigenvalue weighted by Gasteiger charge is -2.47. The lowest BCUT2D eigenvalue weighted by atomic mass is 9.70. The fraction of sp³-hybridized carbons (Fsp3) is 0.600. The van der Waals surface area contributed by atoms with Crippen LogP contribution in [0.5, 0.6) is 0 Å². The molecule has 3 aliphatic rings. The Bertz CT molecular complexity index is 455. The molecule has 0 aliphatic carbocycles. The van der Waals surface area contributed by atoms with Crippen LogP contribution < -0.4 is 5.73 Å². The molecule has 1 aromatic carbocycles. The predicted molar refractivity (Wildman–Crippen MR) is 70.8 cm³/mol. The first kappa shape index (κ1) is 13.0. The van der Waals surface area contributed by atoms with Gasteiger partial charge in [0.25, 0.3) is 0 Å². The van der Waals surface area contributed by atoms with Gasteiger partial charge in [0.2, 0.25) is 0 Å². The Balaban J connectivity index is 1.90. The molecule has 3 aliphatic heterocycles. The largest absolute Gasteiger partial charge is 0.330 e. The van der Waals surface area contributed by atoms with Gasteiger partial charge in [0.15, 0.2) is 0 Å². The van der Waals surface area contributed by atoms with Gasteiger partial charge >= 0.3 is 0 Å². The van der Waals surface area contributed by atoms with E-state index < -0.39 is 0 Å². The average Bonchev–Trinajstić information content (AvgIpc) is 2.45. The maximum atomic E-state index is 14.0. The van der Waals surface area contributed by atoms with Crippen molar-refractivity contribution < 1.29 is 8.78 Å². The molecule has 0 amide bonds. The zero-order valence-electron chi connectivity index (χ0n) is 11.0. The lowest BCUT2D eigenvalue weighted by molar-refractivity contribution is 0.0372. The summed E-state index contributed by atoms with van der Waals surface area (Å²) in [6.45, 7) is 3.64. The van der Waals surface area contributed by atoms with Crippen molar-refractivity contribution in [3.8, 4) is 0 Å². The van der Waals surface area contributed by atoms with Gasteiger partial charge in [-0.05, 0) is 68.1 Å². The minimum absolute atomic E-state index is 0.0659. The van der Waals surface area contributed by atoms with Gasteiger partial charge in [-0.1, -0.05) is 0 Å². The van der Waals surface area contributed by atoms with E-state index in [1.807, 2.05) is 0 Å². The fourth-order valence-corrected chi connectivity index (χ4v) is 3.80. The second-order valence-electron chi connectivity index (χ2n) is 5.81. The Kier molecular flexibility index (Phi) is 3.54. The molecule has 2 unspecified atom stereocenters. The summed E-state index contributed by atoms with van der Waals surface area (Å²) in [5.41, 5.74) is 6.34. The fourth-order valence-electron chi connectivity index (χ4n) is 3.80. The van der Waals surface area contributed by atoms with Crippen molar-refractivity contribution in [2.45, 2.75) is 18.8 Å². The molecule has 3 saturated heterocycles. The number of nitrogens with zero attached hydrogens (tertiary/aromatic N) is 1. The normalized spacial score (nSPS) is 31.4. The minimum atomic E-state index is -0.379. The summed E-state index contributed by atoms with van der Waals surface area (Å²) in [6.07, 6.45) is 2.33. The highest BCUT2D eigenvalue weighted by Crippen LogP contribution is 2.41. The number of hydrogen-bond acceptors (Lipinski definition) is 2. The third kappa shape index (κ3) is 2.39. The second kappa shape index (κ2) is 5.17. The van der Waals surface area contributed by atoms with Crippen molar-refractivity contribution in [2.75, 3.05) is 26.2 Å². The van der Waals surface area contributed by atoms with E-state index in [2.05, 4.69) is 4.90 Å². The van der Waals surface area contributed by atoms with E-state index in [1.54, 1.807) is 0 Å². The Labute approximate surface area is 112 Å². The maximum Gasteiger partial charge on any atom is 0.126 e. The summed E-state index contributed by atoms with van der Waals surface area (Å²) in [4.78, 5) is 2.42. The highest BCUT2D eigenvalue weighted by Gasteiger charge is 2.39. The molecule has 3 fully saturated rings. The SMILES string of the molecule is NCC(c1cc(F)ccc1F)C1CN2CCC1CC2. The van der Waals surface area contributed by atoms with E-state index in [0.29, 0.717) is 23.9 Å². The van der Waals surface area contributed by atoms with E-state index >= 15 is 0 Å². The Morgan fingerprint density at radius 3 is 2.58 bits per heavy atom. The number of rotatable bonds is 3. The predicted octanol–water partition coefficient (Wildman–Crippen LogP) is 2.35. The van der Waals surface area contributed by atoms with Gasteiger partial charge in [0.05, 0.1) is 0 Å². The molecule has 2 nitrogen and oxygen atoms in total. The van der Waals surface area contributed by atoms with E-state index in [4.69, 9.17) is 5.73 Å². The molecule has 0 aromatic heterocycles. The first-order chi connectivity index (χ1) is 9.19. The second-order valence-corrected chi connectivity index (χ2v) is 5.81. The van der Waals surface area contributed by atoms with Crippen LogP contribution >= 0.6 is 0 Å². The third-order valence-electron chi connectivity index (χ3n) is 4.84. The van der Waals surface area contributed by atoms with Gasteiger partial charge < -0.3 is 10.6 Å². The lowest BCUT2D eigenvalue weighted by Crippen LogP contribution is -2.50. The smallest absolute Gasteiger partial charge is 0.126 e. The highest BCUT2D eigenvalue weighted by molar-refractivity contribution is 5.25. The van der Waals surface area contributed by atoms with E-state index in [9.17, 15) is 8.78 Å². The topological polar surface area (TPSA) is 29.3 Å². The van der Waals surface area contributed by atoms with Crippen LogP contribution in [0.4, 0.5) is 8.78 Å². The summed E-state index contributed by atoms with van der Waals surface area (Å²) in [5.74, 6) is 0.207. The van der Waals surface area contributed by atoms with Gasteiger partial charge in [0.1, 0.15) is 11.6 Å². The number of hydrogen-bond donors (Lipinski definition) is 1. The summed E-state index contributed by atoms with van der Waals surface area (Å²) in [5, 5.41) is 0. The van der Waals surface area contributed by atoms with Gasteiger partial charge in [-0.3, -0.25) is 0 Å². The standard InChI is InChI=1S/C15H20F2N2/c16-11-1-2-15(17)12(7-11)13(8-18)14-9-19-5-3-10(14)4-6-19/h1-2,7,10,13-14H,3-6,8-9,18H2. The quantitative estimate of drug-likeness (QED) is 0.910. The average molecular weight is 266 g/mol. The molecule has 4 heteroatoms. The molecule has 0 spiro atoms. The zero-order valence-corrected chi connectivity index (χ0v) is 11.0. The van der Waals surface area contributed by atoms with Crippen LogP contribution in [-0.4, -0.2) is 31.1 Å². The molecule has 2 bridgehead atoms. The van der Waals surface area contributed by atoms with E-state index in [1.165, 1.54) is 18.2 Å². The maximum absolute atomic E-state index is 14.0. The molecule has 0 saturated carbocycles. The molecule has 2 atom stereocenters. The molecule has 19 heavy (non-hydrogen) atoms. The number of nitrogens with two attached hydrogens (primary N) is 1. The zero-order chi connectivity index (χ0) is 13.4. The van der Waals surface area contributed by atoms with Gasteiger partial charge in [-0.25, -0.2) is 8.78 Å². The summed E-state index contributed by atoms with van der Waals surface area (Å²) in [6, 6.07) is 3.71. The van der Waals surface area contributed by atoms with Gasteiger partial charge in [-0.15, -0.1) is 0 Å². The van der Waals surface area contributed by atoms with Gasteiger partial charge in [0, 0.05) is 12.5 Å². The minimum Gasteiger partial charge on any atom is -0.330 e. The molecule has 0 radical (unpaired) electrons. The molecule has 4 rings (SSSR count). The summed E-state index contributed by atoms with van der Waals surface area (Å²) >= 11 is 0. The van der Waals surface area contributed by atoms with Crippen LogP contribution in [0.15, 0.2) is 18.2 Å². The van der Waals surface area contributed by atoms with Gasteiger partial charge in [-0.2, -0.15) is 0 Å². The Morgan fingerprint density at radius 2 is 2.00 bits per heavy atom. The van der Waals surface area contributed by atoms with Crippen molar-refractivity contribution in [1.29, 1.82) is 0 Å². The molecule has 3 heterocycles. The van der Waals surface area contributed by atoms with Crippen molar-refractivity contribution >= 4 is 0 Å². The summed E-state index contributed by atoms with van der Waals surface area (Å²) in [7, 11) is 0. The Hall–Kier alpha value is -1.00.